The zero-order valence-corrected chi connectivity index (χ0v) is 19.9. The summed E-state index contributed by atoms with van der Waals surface area (Å²) in [4.78, 5) is 0. The van der Waals surface area contributed by atoms with Crippen LogP contribution >= 0.6 is 0 Å². The molecule has 168 valence electrons. The summed E-state index contributed by atoms with van der Waals surface area (Å²) in [6.07, 6.45) is 27.0. The normalized spacial score (nSPS) is 23.3. The zero-order chi connectivity index (χ0) is 20.2. The van der Waals surface area contributed by atoms with Crippen molar-refractivity contribution in [2.45, 2.75) is 146 Å². The number of rotatable bonds is 12. The Labute approximate surface area is 181 Å². The zero-order valence-electron chi connectivity index (χ0n) is 18.9. The Morgan fingerprint density at radius 2 is 1.00 bits per heavy atom. The van der Waals surface area contributed by atoms with Crippen LogP contribution in [0.3, 0.4) is 0 Å². The van der Waals surface area contributed by atoms with Crippen LogP contribution in [0.15, 0.2) is 12.7 Å². The van der Waals surface area contributed by atoms with Gasteiger partial charge in [-0.3, -0.25) is 0 Å². The first-order chi connectivity index (χ1) is 14.3. The maximum atomic E-state index is 6.97. The number of unbranched alkanes of at least 4 members (excludes halogenated alkanes) is 3. The third-order valence-corrected chi connectivity index (χ3v) is 10.1. The second-order valence-electron chi connectivity index (χ2n) is 9.70. The summed E-state index contributed by atoms with van der Waals surface area (Å²) in [5.41, 5.74) is 0. The van der Waals surface area contributed by atoms with Crippen LogP contribution in [0.2, 0.25) is 6.04 Å². The van der Waals surface area contributed by atoms with Crippen molar-refractivity contribution in [1.82, 2.24) is 0 Å². The molecule has 0 saturated heterocycles. The van der Waals surface area contributed by atoms with Crippen LogP contribution in [-0.2, 0) is 13.3 Å². The summed E-state index contributed by atoms with van der Waals surface area (Å²) in [5.74, 6) is 0. The van der Waals surface area contributed by atoms with Crippen LogP contribution in [0.5, 0.6) is 0 Å². The van der Waals surface area contributed by atoms with E-state index in [1.807, 2.05) is 6.08 Å². The van der Waals surface area contributed by atoms with Gasteiger partial charge in [-0.15, -0.1) is 6.58 Å². The average molecular weight is 423 g/mol. The van der Waals surface area contributed by atoms with Crippen molar-refractivity contribution in [3.8, 4) is 0 Å². The highest BCUT2D eigenvalue weighted by molar-refractivity contribution is 6.60. The Kier molecular flexibility index (Phi) is 10.8. The van der Waals surface area contributed by atoms with E-state index >= 15 is 0 Å². The molecular weight excluding hydrogens is 376 g/mol. The van der Waals surface area contributed by atoms with Crippen molar-refractivity contribution in [1.29, 1.82) is 0 Å². The number of hydrogen-bond donors (Lipinski definition) is 0. The largest absolute Gasteiger partial charge is 0.501 e. The fourth-order valence-corrected chi connectivity index (χ4v) is 8.81. The van der Waals surface area contributed by atoms with Gasteiger partial charge in [0.25, 0.3) is 0 Å². The van der Waals surface area contributed by atoms with E-state index in [9.17, 15) is 0 Å². The topological polar surface area (TPSA) is 27.7 Å². The van der Waals surface area contributed by atoms with Crippen LogP contribution in [-0.4, -0.2) is 27.1 Å². The fourth-order valence-electron chi connectivity index (χ4n) is 5.38. The molecular formula is C25H46O3Si. The van der Waals surface area contributed by atoms with E-state index in [4.69, 9.17) is 13.3 Å². The molecule has 0 aromatic heterocycles. The molecule has 0 N–H and O–H groups in total. The summed E-state index contributed by atoms with van der Waals surface area (Å²) < 4.78 is 20.9. The molecule has 0 atom stereocenters. The van der Waals surface area contributed by atoms with Gasteiger partial charge < -0.3 is 13.3 Å². The number of allylic oxidation sites excluding steroid dienone is 1. The van der Waals surface area contributed by atoms with Gasteiger partial charge in [0, 0.05) is 24.4 Å². The van der Waals surface area contributed by atoms with Crippen LogP contribution < -0.4 is 0 Å². The van der Waals surface area contributed by atoms with Crippen LogP contribution in [0.1, 0.15) is 122 Å². The van der Waals surface area contributed by atoms with Crippen molar-refractivity contribution < 1.29 is 13.3 Å². The van der Waals surface area contributed by atoms with E-state index in [0.717, 1.165) is 12.5 Å². The molecule has 3 saturated carbocycles. The van der Waals surface area contributed by atoms with E-state index < -0.39 is 8.80 Å². The Bertz CT molecular complexity index is 387. The highest BCUT2D eigenvalue weighted by Crippen LogP contribution is 2.35. The molecule has 0 spiro atoms. The Balaban J connectivity index is 1.69. The summed E-state index contributed by atoms with van der Waals surface area (Å²) in [6.45, 7) is 3.87. The Morgan fingerprint density at radius 3 is 1.38 bits per heavy atom. The Morgan fingerprint density at radius 1 is 0.586 bits per heavy atom. The first-order valence-corrected chi connectivity index (χ1v) is 14.9. The van der Waals surface area contributed by atoms with Crippen molar-refractivity contribution in [2.24, 2.45) is 0 Å². The predicted octanol–water partition coefficient (Wildman–Crippen LogP) is 7.72. The van der Waals surface area contributed by atoms with Gasteiger partial charge in [-0.1, -0.05) is 70.3 Å². The molecule has 0 heterocycles. The van der Waals surface area contributed by atoms with Crippen LogP contribution in [0.4, 0.5) is 0 Å². The first-order valence-electron chi connectivity index (χ1n) is 12.9. The molecule has 3 fully saturated rings. The lowest BCUT2D eigenvalue weighted by atomic mass is 9.98. The summed E-state index contributed by atoms with van der Waals surface area (Å²) >= 11 is 0. The third kappa shape index (κ3) is 8.47. The summed E-state index contributed by atoms with van der Waals surface area (Å²) in [6, 6.07) is 1.02. The van der Waals surface area contributed by atoms with Gasteiger partial charge in [0.1, 0.15) is 0 Å². The predicted molar refractivity (Wildman–Crippen MR) is 123 cm³/mol. The molecule has 0 bridgehead atoms. The minimum Gasteiger partial charge on any atom is -0.370 e. The lowest BCUT2D eigenvalue weighted by Gasteiger charge is -2.41. The maximum absolute atomic E-state index is 6.97. The van der Waals surface area contributed by atoms with Crippen LogP contribution in [0.25, 0.3) is 0 Å². The molecule has 3 rings (SSSR count). The lowest BCUT2D eigenvalue weighted by Crippen LogP contribution is -2.53. The van der Waals surface area contributed by atoms with E-state index in [2.05, 4.69) is 6.58 Å². The van der Waals surface area contributed by atoms with Crippen molar-refractivity contribution in [3.63, 3.8) is 0 Å². The first kappa shape index (κ1) is 23.5. The fraction of sp³-hybridized carbons (Fsp3) is 0.920. The smallest absolute Gasteiger partial charge is 0.370 e. The molecule has 3 nitrogen and oxygen atoms in total. The van der Waals surface area contributed by atoms with Gasteiger partial charge in [0.2, 0.25) is 0 Å². The standard InChI is InChI=1S/C25H46O3Si/c1-2-3-4-5-15-22-29(26-23-16-9-6-10-17-23,27-24-18-11-7-12-19-24)28-25-20-13-8-14-21-25/h2,23-25H,1,3-22H2. The maximum Gasteiger partial charge on any atom is 0.501 e. The second kappa shape index (κ2) is 13.3. The molecule has 0 amide bonds. The van der Waals surface area contributed by atoms with E-state index in [-0.39, 0.29) is 0 Å². The van der Waals surface area contributed by atoms with Gasteiger partial charge in [-0.2, -0.15) is 0 Å². The highest BCUT2D eigenvalue weighted by Gasteiger charge is 2.47. The van der Waals surface area contributed by atoms with Gasteiger partial charge in [-0.25, -0.2) is 0 Å². The summed E-state index contributed by atoms with van der Waals surface area (Å²) in [7, 11) is -2.64. The monoisotopic (exact) mass is 422 g/mol. The average Bonchev–Trinajstić information content (AvgIpc) is 2.76. The second-order valence-corrected chi connectivity index (χ2v) is 12.3. The molecule has 0 aromatic rings. The third-order valence-electron chi connectivity index (χ3n) is 7.09. The Hall–Kier alpha value is -0.163. The van der Waals surface area contributed by atoms with Gasteiger partial charge in [0.05, 0.1) is 0 Å². The molecule has 0 radical (unpaired) electrons. The molecule has 3 aliphatic rings. The minimum absolute atomic E-state index is 0.371. The minimum atomic E-state index is -2.64. The molecule has 0 aromatic carbocycles. The lowest BCUT2D eigenvalue weighted by molar-refractivity contribution is -0.0411. The quantitative estimate of drug-likeness (QED) is 0.183. The van der Waals surface area contributed by atoms with E-state index in [1.54, 1.807) is 0 Å². The van der Waals surface area contributed by atoms with Gasteiger partial charge in [-0.05, 0) is 57.8 Å². The highest BCUT2D eigenvalue weighted by atomic mass is 28.4. The van der Waals surface area contributed by atoms with Crippen molar-refractivity contribution >= 4 is 8.80 Å². The molecule has 0 unspecified atom stereocenters. The molecule has 4 heteroatoms. The van der Waals surface area contributed by atoms with Crippen molar-refractivity contribution in [2.75, 3.05) is 0 Å². The van der Waals surface area contributed by atoms with E-state index in [1.165, 1.54) is 116 Å². The van der Waals surface area contributed by atoms with Crippen molar-refractivity contribution in [3.05, 3.63) is 12.7 Å². The number of hydrogen-bond acceptors (Lipinski definition) is 3. The van der Waals surface area contributed by atoms with E-state index in [0.29, 0.717) is 18.3 Å². The molecule has 0 aliphatic heterocycles. The molecule has 3 aliphatic carbocycles. The van der Waals surface area contributed by atoms with Crippen LogP contribution in [0, 0.1) is 0 Å². The van der Waals surface area contributed by atoms with Gasteiger partial charge in [0.15, 0.2) is 0 Å². The summed E-state index contributed by atoms with van der Waals surface area (Å²) in [5, 5.41) is 0. The SMILES string of the molecule is C=CCCCCC[Si](OC1CCCCC1)(OC1CCCCC1)OC1CCCCC1. The van der Waals surface area contributed by atoms with Gasteiger partial charge >= 0.3 is 8.80 Å². The molecule has 29 heavy (non-hydrogen) atoms.